The molecule has 2 amide bonds. The van der Waals surface area contributed by atoms with Gasteiger partial charge < -0.3 is 0 Å². The van der Waals surface area contributed by atoms with Crippen molar-refractivity contribution in [3.8, 4) is 50.4 Å². The van der Waals surface area contributed by atoms with Crippen molar-refractivity contribution >= 4 is 112 Å². The highest BCUT2D eigenvalue weighted by Gasteiger charge is 2.42. The van der Waals surface area contributed by atoms with Crippen molar-refractivity contribution in [3.05, 3.63) is 79.2 Å². The maximum Gasteiger partial charge on any atom is 0.263 e. The molecule has 88 heavy (non-hydrogen) atoms. The van der Waals surface area contributed by atoms with Gasteiger partial charge in [0.05, 0.1) is 46.2 Å². The number of fused-ring (bicyclic) bond motifs is 3. The summed E-state index contributed by atoms with van der Waals surface area (Å²) in [4.78, 5) is 55.0. The molecule has 1 aromatic carbocycles. The minimum Gasteiger partial charge on any atom is -0.274 e. The zero-order valence-electron chi connectivity index (χ0n) is 55.1. The quantitative estimate of drug-likeness (QED) is 0.0282. The first kappa shape index (κ1) is 69.0. The van der Waals surface area contributed by atoms with Gasteiger partial charge in [-0.2, -0.15) is 0 Å². The summed E-state index contributed by atoms with van der Waals surface area (Å²) in [7, 11) is 0. The molecule has 5 nitrogen and oxygen atoms in total. The normalized spacial score (nSPS) is 13.8. The Labute approximate surface area is 559 Å². The maximum atomic E-state index is 15.0. The van der Waals surface area contributed by atoms with Crippen LogP contribution in [0, 0.1) is 31.6 Å². The van der Waals surface area contributed by atoms with E-state index in [1.807, 2.05) is 56.7 Å². The Morgan fingerprint density at radius 2 is 0.750 bits per heavy atom. The minimum absolute atomic E-state index is 0.0870. The number of benzene rings is 1. The fraction of sp³-hybridized carbons (Fsp3) is 0.605. The van der Waals surface area contributed by atoms with Crippen LogP contribution in [0.5, 0.6) is 0 Å². The third-order valence-electron chi connectivity index (χ3n) is 18.7. The molecule has 0 saturated heterocycles. The average molecular weight is 1320 g/mol. The van der Waals surface area contributed by atoms with Crippen molar-refractivity contribution < 1.29 is 9.59 Å². The van der Waals surface area contributed by atoms with Gasteiger partial charge in [0.1, 0.15) is 10.0 Å². The molecule has 0 saturated carbocycles. The Morgan fingerprint density at radius 1 is 0.364 bits per heavy atom. The number of imide groups is 1. The Morgan fingerprint density at radius 3 is 1.22 bits per heavy atom. The van der Waals surface area contributed by atoms with Crippen LogP contribution < -0.4 is 0 Å². The smallest absolute Gasteiger partial charge is 0.263 e. The number of aryl methyl sites for hydroxylation is 2. The number of thiazole rings is 2. The molecule has 0 radical (unpaired) electrons. The SMILES string of the molecule is CCCCCCCCCCC(CCCCCCCC)CN1C(=O)c2c(C)sc(-c3ccc(-c4c5nc(-c6ccc(CC(CCCC)CCCCCC)s6)sc5c(-c5ccc(C)s5)c5nc(-c6ccc(CC(CCCC)CCCCCC)s6)sc45)s3)c2C1=O. The highest BCUT2D eigenvalue weighted by molar-refractivity contribution is 7.29. The van der Waals surface area contributed by atoms with Crippen molar-refractivity contribution in [2.75, 3.05) is 6.54 Å². The number of nitrogens with zero attached hydrogens (tertiary/aromatic N) is 3. The third kappa shape index (κ3) is 18.1. The van der Waals surface area contributed by atoms with Gasteiger partial charge in [-0.15, -0.1) is 79.4 Å². The molecular weight excluding hydrogens is 1210 g/mol. The summed E-state index contributed by atoms with van der Waals surface area (Å²) < 4.78 is 2.37. The molecule has 1 aliphatic rings. The van der Waals surface area contributed by atoms with Crippen LogP contribution in [-0.4, -0.2) is 33.2 Å². The summed E-state index contributed by atoms with van der Waals surface area (Å²) in [5.41, 5.74) is 5.70. The topological polar surface area (TPSA) is 63.2 Å². The second-order valence-corrected chi connectivity index (χ2v) is 33.9. The van der Waals surface area contributed by atoms with Crippen molar-refractivity contribution in [1.29, 1.82) is 0 Å². The molecule has 0 N–H and O–H groups in total. The number of aromatic nitrogens is 2. The van der Waals surface area contributed by atoms with E-state index in [9.17, 15) is 4.79 Å². The predicted molar refractivity (Wildman–Crippen MR) is 394 cm³/mol. The molecule has 0 bridgehead atoms. The molecule has 3 unspecified atom stereocenters. The molecule has 8 aromatic rings. The van der Waals surface area contributed by atoms with Gasteiger partial charge in [-0.3, -0.25) is 14.5 Å². The van der Waals surface area contributed by atoms with Crippen LogP contribution in [0.1, 0.15) is 287 Å². The standard InChI is InChI=1S/C76H105N3O2S7/c1-9-15-21-25-27-28-30-34-40-56(39-33-29-26-22-16-10-2)51-79-75(80)64-53(8)83-70(67(64)76(79)81)61-48-47-60(86-61)66-69-71(87-74(78-69)63-46-43-58(85-63)50-55(36-20-14-6)38-32-24-18-12-4)65(59-44-41-52(7)82-59)68-72(66)88-73(77-68)62-45-42-57(84-62)49-54(35-19-13-5)37-31-23-17-11-3/h41-48,54-56H,9-40,49-51H2,1-8H3. The number of hydrogen-bond donors (Lipinski definition) is 0. The third-order valence-corrected chi connectivity index (χ3v) is 26.8. The molecule has 1 aliphatic heterocycles. The lowest BCUT2D eigenvalue weighted by atomic mass is 9.92. The highest BCUT2D eigenvalue weighted by atomic mass is 32.1. The molecule has 0 aliphatic carbocycles. The number of carbonyl (C=O) groups is 2. The van der Waals surface area contributed by atoms with Gasteiger partial charge in [-0.1, -0.05) is 234 Å². The second-order valence-electron chi connectivity index (χ2n) is 26.0. The fourth-order valence-electron chi connectivity index (χ4n) is 13.6. The Bertz CT molecular complexity index is 3290. The van der Waals surface area contributed by atoms with E-state index in [0.717, 1.165) is 83.6 Å². The van der Waals surface area contributed by atoms with Crippen LogP contribution in [-0.2, 0) is 12.8 Å². The van der Waals surface area contributed by atoms with E-state index in [4.69, 9.17) is 9.97 Å². The van der Waals surface area contributed by atoms with Crippen molar-refractivity contribution in [3.63, 3.8) is 0 Å². The number of thiophene rings is 5. The molecule has 12 heteroatoms. The Hall–Kier alpha value is -3.36. The zero-order chi connectivity index (χ0) is 61.8. The Balaban J connectivity index is 1.08. The monoisotopic (exact) mass is 1320 g/mol. The minimum atomic E-state index is -0.0956. The van der Waals surface area contributed by atoms with Gasteiger partial charge in [0, 0.05) is 51.8 Å². The lowest BCUT2D eigenvalue weighted by molar-refractivity contribution is 0.0621. The fourth-order valence-corrected chi connectivity index (χ4v) is 21.6. The van der Waals surface area contributed by atoms with Crippen LogP contribution in [0.4, 0.5) is 0 Å². The Kier molecular flexibility index (Phi) is 27.9. The first-order valence-corrected chi connectivity index (χ1v) is 40.9. The van der Waals surface area contributed by atoms with Gasteiger partial charge in [0.2, 0.25) is 0 Å². The molecule has 0 fully saturated rings. The van der Waals surface area contributed by atoms with E-state index >= 15 is 4.79 Å². The van der Waals surface area contributed by atoms with Crippen LogP contribution in [0.25, 0.3) is 70.8 Å². The van der Waals surface area contributed by atoms with Crippen LogP contribution in [0.15, 0.2) is 48.5 Å². The van der Waals surface area contributed by atoms with Crippen LogP contribution >= 0.6 is 79.4 Å². The molecular formula is C76H105N3O2S7. The number of unbranched alkanes of at least 4 members (excludes halogenated alkanes) is 20. The number of carbonyl (C=O) groups excluding carboxylic acids is 2. The first-order valence-electron chi connectivity index (χ1n) is 35.2. The summed E-state index contributed by atoms with van der Waals surface area (Å²) >= 11 is 12.8. The lowest BCUT2D eigenvalue weighted by Crippen LogP contribution is -2.35. The highest BCUT2D eigenvalue weighted by Crippen LogP contribution is 2.54. The van der Waals surface area contributed by atoms with E-state index in [0.29, 0.717) is 23.6 Å². The number of hydrogen-bond acceptors (Lipinski definition) is 11. The van der Waals surface area contributed by atoms with Crippen LogP contribution in [0.3, 0.4) is 0 Å². The van der Waals surface area contributed by atoms with E-state index in [-0.39, 0.29) is 11.8 Å². The summed E-state index contributed by atoms with van der Waals surface area (Å²) in [5, 5.41) is 2.15. The zero-order valence-corrected chi connectivity index (χ0v) is 60.8. The van der Waals surface area contributed by atoms with E-state index < -0.39 is 0 Å². The predicted octanol–water partition coefficient (Wildman–Crippen LogP) is 27.3. The van der Waals surface area contributed by atoms with Gasteiger partial charge in [-0.05, 0) is 106 Å². The second kappa shape index (κ2) is 35.6. The van der Waals surface area contributed by atoms with Gasteiger partial charge in [-0.25, -0.2) is 9.97 Å². The van der Waals surface area contributed by atoms with Crippen molar-refractivity contribution in [2.45, 2.75) is 274 Å². The molecule has 0 spiro atoms. The lowest BCUT2D eigenvalue weighted by Gasteiger charge is -2.23. The van der Waals surface area contributed by atoms with Crippen molar-refractivity contribution in [1.82, 2.24) is 14.9 Å². The number of rotatable bonds is 43. The van der Waals surface area contributed by atoms with E-state index in [2.05, 4.69) is 104 Å². The molecule has 3 atom stereocenters. The largest absolute Gasteiger partial charge is 0.274 e. The molecule has 7 aromatic heterocycles. The summed E-state index contributed by atoms with van der Waals surface area (Å²) in [6, 6.07) is 18.6. The van der Waals surface area contributed by atoms with Gasteiger partial charge in [0.15, 0.2) is 0 Å². The van der Waals surface area contributed by atoms with E-state index in [1.165, 1.54) is 237 Å². The summed E-state index contributed by atoms with van der Waals surface area (Å²) in [5.74, 6) is 1.59. The maximum absolute atomic E-state index is 15.0. The molecule has 9 rings (SSSR count). The van der Waals surface area contributed by atoms with Gasteiger partial charge in [0.25, 0.3) is 11.8 Å². The average Bonchev–Trinajstić information content (AvgIpc) is 1.65. The van der Waals surface area contributed by atoms with Crippen molar-refractivity contribution in [2.24, 2.45) is 17.8 Å². The van der Waals surface area contributed by atoms with Gasteiger partial charge >= 0.3 is 0 Å². The van der Waals surface area contributed by atoms with E-state index in [1.54, 1.807) is 27.6 Å². The summed E-state index contributed by atoms with van der Waals surface area (Å²) in [6.45, 7) is 18.7. The summed E-state index contributed by atoms with van der Waals surface area (Å²) in [6.07, 6.45) is 43.2. The number of amides is 2. The molecule has 8 heterocycles. The first-order chi connectivity index (χ1) is 43.1. The molecule has 478 valence electrons. The van der Waals surface area contributed by atoms with Crippen LogP contribution in [0.2, 0.25) is 0 Å².